The van der Waals surface area contributed by atoms with E-state index in [0.717, 1.165) is 135 Å². The fourth-order valence-corrected chi connectivity index (χ4v) is 8.73. The van der Waals surface area contributed by atoms with Crippen LogP contribution in [0.3, 0.4) is 0 Å². The van der Waals surface area contributed by atoms with E-state index in [0.29, 0.717) is 6.42 Å². The predicted molar refractivity (Wildman–Crippen MR) is 352 cm³/mol. The molecule has 0 aliphatic carbocycles. The van der Waals surface area contributed by atoms with E-state index in [-0.39, 0.29) is 38.0 Å². The zero-order valence-electron chi connectivity index (χ0n) is 52.2. The van der Waals surface area contributed by atoms with Gasteiger partial charge in [0.1, 0.15) is 13.2 Å². The number of allylic oxidation sites excluding steroid dienone is 25. The van der Waals surface area contributed by atoms with Gasteiger partial charge in [-0.25, -0.2) is 0 Å². The van der Waals surface area contributed by atoms with Crippen molar-refractivity contribution in [2.75, 3.05) is 13.2 Å². The molecule has 456 valence electrons. The largest absolute Gasteiger partial charge is 0.462 e. The number of esters is 3. The van der Waals surface area contributed by atoms with E-state index in [1.54, 1.807) is 6.08 Å². The first kappa shape index (κ1) is 76.0. The lowest BCUT2D eigenvalue weighted by atomic mass is 10.0. The van der Waals surface area contributed by atoms with E-state index in [1.807, 2.05) is 6.08 Å². The summed E-state index contributed by atoms with van der Waals surface area (Å²) in [5.74, 6) is -1.08. The smallest absolute Gasteiger partial charge is 0.309 e. The van der Waals surface area contributed by atoms with Crippen molar-refractivity contribution in [2.24, 2.45) is 0 Å². The summed E-state index contributed by atoms with van der Waals surface area (Å²) in [6.07, 6.45) is 98.7. The second-order valence-corrected chi connectivity index (χ2v) is 21.2. The van der Waals surface area contributed by atoms with Gasteiger partial charge in [0, 0.05) is 12.8 Å². The van der Waals surface area contributed by atoms with Crippen molar-refractivity contribution in [3.8, 4) is 0 Å². The minimum atomic E-state index is -0.838. The molecule has 0 N–H and O–H groups in total. The summed E-state index contributed by atoms with van der Waals surface area (Å²) in [7, 11) is 0. The summed E-state index contributed by atoms with van der Waals surface area (Å²) in [5.41, 5.74) is 0. The number of hydrogen-bond acceptors (Lipinski definition) is 6. The monoisotopic (exact) mass is 1120 g/mol. The number of rotatable bonds is 58. The Balaban J connectivity index is 4.33. The Morgan fingerprint density at radius 2 is 0.494 bits per heavy atom. The number of carbonyl (C=O) groups excluding carboxylic acids is 3. The van der Waals surface area contributed by atoms with Gasteiger partial charge in [-0.3, -0.25) is 14.4 Å². The van der Waals surface area contributed by atoms with E-state index >= 15 is 0 Å². The topological polar surface area (TPSA) is 78.9 Å². The van der Waals surface area contributed by atoms with E-state index in [1.165, 1.54) is 103 Å². The third-order valence-electron chi connectivity index (χ3n) is 13.5. The average molecular weight is 1120 g/mol. The van der Waals surface area contributed by atoms with Gasteiger partial charge in [0.05, 0.1) is 6.42 Å². The van der Waals surface area contributed by atoms with E-state index < -0.39 is 12.1 Å². The van der Waals surface area contributed by atoms with Gasteiger partial charge in [0.25, 0.3) is 0 Å². The van der Waals surface area contributed by atoms with Crippen LogP contribution < -0.4 is 0 Å². The molecule has 0 fully saturated rings. The van der Waals surface area contributed by atoms with Crippen molar-refractivity contribution in [3.63, 3.8) is 0 Å². The molecular weight excluding hydrogens is 997 g/mol. The highest BCUT2D eigenvalue weighted by atomic mass is 16.6. The normalized spacial score (nSPS) is 13.2. The molecule has 81 heavy (non-hydrogen) atoms. The van der Waals surface area contributed by atoms with Crippen LogP contribution in [-0.4, -0.2) is 37.2 Å². The number of hydrogen-bond donors (Lipinski definition) is 0. The lowest BCUT2D eigenvalue weighted by Gasteiger charge is -2.18. The highest BCUT2D eigenvalue weighted by molar-refractivity contribution is 5.72. The Kier molecular flexibility index (Phi) is 63.4. The average Bonchev–Trinajstić information content (AvgIpc) is 3.47. The van der Waals surface area contributed by atoms with Crippen molar-refractivity contribution in [3.05, 3.63) is 158 Å². The molecule has 0 aliphatic heterocycles. The van der Waals surface area contributed by atoms with Gasteiger partial charge in [0.15, 0.2) is 6.10 Å². The molecule has 1 atom stereocenters. The Labute approximate surface area is 499 Å². The quantitative estimate of drug-likeness (QED) is 0.0261. The summed E-state index contributed by atoms with van der Waals surface area (Å²) in [6.45, 7) is 6.20. The summed E-state index contributed by atoms with van der Waals surface area (Å²) >= 11 is 0. The van der Waals surface area contributed by atoms with Crippen LogP contribution in [0.1, 0.15) is 278 Å². The molecular formula is C75H120O6. The molecule has 0 radical (unpaired) electrons. The van der Waals surface area contributed by atoms with Gasteiger partial charge < -0.3 is 14.2 Å². The molecule has 0 aromatic rings. The molecule has 0 aromatic heterocycles. The number of ether oxygens (including phenoxy) is 3. The van der Waals surface area contributed by atoms with Gasteiger partial charge in [-0.1, -0.05) is 294 Å². The second-order valence-electron chi connectivity index (χ2n) is 21.2. The lowest BCUT2D eigenvalue weighted by molar-refractivity contribution is -0.166. The van der Waals surface area contributed by atoms with E-state index in [2.05, 4.69) is 167 Å². The van der Waals surface area contributed by atoms with Crippen LogP contribution in [0.5, 0.6) is 0 Å². The maximum Gasteiger partial charge on any atom is 0.309 e. The Bertz CT molecular complexity index is 1810. The van der Waals surface area contributed by atoms with E-state index in [9.17, 15) is 14.4 Å². The molecule has 6 nitrogen and oxygen atoms in total. The van der Waals surface area contributed by atoms with Gasteiger partial charge in [-0.2, -0.15) is 0 Å². The minimum Gasteiger partial charge on any atom is -0.462 e. The van der Waals surface area contributed by atoms with E-state index in [4.69, 9.17) is 14.2 Å². The highest BCUT2D eigenvalue weighted by Gasteiger charge is 2.19. The standard InChI is InChI=1S/C75H120O6/c1-4-7-10-13-16-19-22-25-28-30-31-32-33-34-35-36-37-38-39-40-41-42-43-45-47-50-53-56-59-62-65-68-74(77)80-71-72(70-79-73(76)67-64-61-58-55-52-49-46-27-24-21-18-15-12-9-6-3)81-75(78)69-66-63-60-57-54-51-48-44-29-26-23-20-17-14-11-8-5-2/h7-12,16-21,25-29,31-32,46,48,51-52,55,61,64,72H,4-6,13-15,22-24,30,33-45,47,49-50,53-54,56-60,62-63,65-71H2,1-3H3/b10-7-,11-8-,12-9-,19-16-,20-17-,21-18-,28-25-,29-26-,32-31-,46-27-,51-48-,55-52-,64-61-. The number of carbonyl (C=O) groups is 3. The molecule has 0 bridgehead atoms. The zero-order valence-corrected chi connectivity index (χ0v) is 52.2. The van der Waals surface area contributed by atoms with Crippen molar-refractivity contribution >= 4 is 17.9 Å². The molecule has 0 aromatic carbocycles. The van der Waals surface area contributed by atoms with Crippen molar-refractivity contribution in [1.82, 2.24) is 0 Å². The van der Waals surface area contributed by atoms with Gasteiger partial charge >= 0.3 is 17.9 Å². The van der Waals surface area contributed by atoms with Crippen molar-refractivity contribution in [2.45, 2.75) is 284 Å². The Morgan fingerprint density at radius 3 is 0.802 bits per heavy atom. The molecule has 0 rings (SSSR count). The SMILES string of the molecule is CC/C=C\C/C=C\C/C=C\C/C=C\C/C=C\CC(=O)OCC(COC(=O)CCCCCCCCCCCCCCCCCCCC/C=C\C/C=C\C/C=C\C/C=C\CC)OC(=O)CCCCCC/C=C\C/C=C\C/C=C\C/C=C\CC. The fraction of sp³-hybridized carbons (Fsp3) is 0.613. The van der Waals surface area contributed by atoms with Gasteiger partial charge in [-0.15, -0.1) is 0 Å². The second kappa shape index (κ2) is 67.5. The predicted octanol–water partition coefficient (Wildman–Crippen LogP) is 22.9. The first-order chi connectivity index (χ1) is 40.0. The lowest BCUT2D eigenvalue weighted by Crippen LogP contribution is -2.30. The minimum absolute atomic E-state index is 0.116. The number of unbranched alkanes of at least 4 members (excludes halogenated alkanes) is 22. The van der Waals surface area contributed by atoms with Crippen LogP contribution in [0.25, 0.3) is 0 Å². The molecule has 0 amide bonds. The third-order valence-corrected chi connectivity index (χ3v) is 13.5. The molecule has 0 saturated heterocycles. The van der Waals surface area contributed by atoms with Crippen LogP contribution in [0.15, 0.2) is 158 Å². The maximum atomic E-state index is 12.9. The molecule has 0 spiro atoms. The summed E-state index contributed by atoms with van der Waals surface area (Å²) in [6, 6.07) is 0. The van der Waals surface area contributed by atoms with Crippen LogP contribution in [0, 0.1) is 0 Å². The molecule has 1 unspecified atom stereocenters. The Hall–Kier alpha value is -4.97. The maximum absolute atomic E-state index is 12.9. The van der Waals surface area contributed by atoms with Gasteiger partial charge in [-0.05, 0) is 122 Å². The van der Waals surface area contributed by atoms with Crippen molar-refractivity contribution < 1.29 is 28.6 Å². The van der Waals surface area contributed by atoms with Crippen LogP contribution in [0.4, 0.5) is 0 Å². The molecule has 0 heterocycles. The van der Waals surface area contributed by atoms with Crippen LogP contribution in [-0.2, 0) is 28.6 Å². The fourth-order valence-electron chi connectivity index (χ4n) is 8.73. The van der Waals surface area contributed by atoms with Crippen molar-refractivity contribution in [1.29, 1.82) is 0 Å². The zero-order chi connectivity index (χ0) is 58.5. The molecule has 6 heteroatoms. The molecule has 0 aliphatic rings. The summed E-state index contributed by atoms with van der Waals surface area (Å²) in [4.78, 5) is 38.3. The van der Waals surface area contributed by atoms with Crippen LogP contribution >= 0.6 is 0 Å². The third kappa shape index (κ3) is 65.7. The molecule has 0 saturated carbocycles. The summed E-state index contributed by atoms with van der Waals surface area (Å²) < 4.78 is 16.8. The Morgan fingerprint density at radius 1 is 0.259 bits per heavy atom. The highest BCUT2D eigenvalue weighted by Crippen LogP contribution is 2.16. The van der Waals surface area contributed by atoms with Gasteiger partial charge in [0.2, 0.25) is 0 Å². The first-order valence-electron chi connectivity index (χ1n) is 33.0. The summed E-state index contributed by atoms with van der Waals surface area (Å²) in [5, 5.41) is 0. The first-order valence-corrected chi connectivity index (χ1v) is 33.0. The van der Waals surface area contributed by atoms with Crippen LogP contribution in [0.2, 0.25) is 0 Å².